The van der Waals surface area contributed by atoms with Gasteiger partial charge in [0.1, 0.15) is 22.4 Å². The smallest absolute Gasteiger partial charge is 0.225 e. The summed E-state index contributed by atoms with van der Waals surface area (Å²) in [6, 6.07) is 1.96. The predicted molar refractivity (Wildman–Crippen MR) is 124 cm³/mol. The van der Waals surface area contributed by atoms with E-state index in [2.05, 4.69) is 20.6 Å². The molecule has 32 heavy (non-hydrogen) atoms. The minimum Gasteiger partial charge on any atom is -0.396 e. The fourth-order valence-corrected chi connectivity index (χ4v) is 5.50. The highest BCUT2D eigenvalue weighted by Crippen LogP contribution is 2.39. The third-order valence-electron chi connectivity index (χ3n) is 6.33. The van der Waals surface area contributed by atoms with Crippen LogP contribution in [0.5, 0.6) is 0 Å². The second kappa shape index (κ2) is 8.51. The molecule has 3 aromatic heterocycles. The summed E-state index contributed by atoms with van der Waals surface area (Å²) < 4.78 is 1.04. The summed E-state index contributed by atoms with van der Waals surface area (Å²) in [5.74, 6) is 0.973. The third kappa shape index (κ3) is 4.03. The maximum Gasteiger partial charge on any atom is 0.225 e. The number of aromatic nitrogens is 4. The molecule has 2 aliphatic carbocycles. The molecule has 5 N–H and O–H groups in total. The molecule has 0 aromatic carbocycles. The van der Waals surface area contributed by atoms with E-state index in [4.69, 9.17) is 9.97 Å². The van der Waals surface area contributed by atoms with Crippen molar-refractivity contribution in [3.8, 4) is 10.6 Å². The van der Waals surface area contributed by atoms with Crippen LogP contribution in [0.25, 0.3) is 20.8 Å². The van der Waals surface area contributed by atoms with Gasteiger partial charge in [-0.2, -0.15) is 4.98 Å². The zero-order valence-corrected chi connectivity index (χ0v) is 18.9. The Kier molecular flexibility index (Phi) is 5.70. The van der Waals surface area contributed by atoms with Gasteiger partial charge in [0, 0.05) is 18.8 Å². The molecule has 4 atom stereocenters. The zero-order chi connectivity index (χ0) is 22.4. The standard InChI is InChI=1S/C22H28N6O3S/c1-10-16(21-27-17-11(2)23-7-5-15(17)32-21)20(28-22(24-10)25-13-3-4-13)26-14-9-12(6-8-29)18(30)19(14)31/h5,7,12-14,18-19,29-31H,3-4,6,8-9H2,1-2H3,(H2,24,25,26,28). The van der Waals surface area contributed by atoms with Crippen LogP contribution < -0.4 is 10.6 Å². The summed E-state index contributed by atoms with van der Waals surface area (Å²) in [5.41, 5.74) is 3.30. The van der Waals surface area contributed by atoms with Gasteiger partial charge in [0.2, 0.25) is 5.95 Å². The van der Waals surface area contributed by atoms with E-state index in [1.54, 1.807) is 17.5 Å². The number of thiazole rings is 1. The maximum atomic E-state index is 10.6. The number of hydrogen-bond acceptors (Lipinski definition) is 10. The van der Waals surface area contributed by atoms with Gasteiger partial charge in [0.25, 0.3) is 0 Å². The molecule has 0 bridgehead atoms. The van der Waals surface area contributed by atoms with Crippen molar-refractivity contribution in [2.24, 2.45) is 5.92 Å². The van der Waals surface area contributed by atoms with Gasteiger partial charge < -0.3 is 26.0 Å². The fourth-order valence-electron chi connectivity index (χ4n) is 4.39. The summed E-state index contributed by atoms with van der Waals surface area (Å²) in [5, 5.41) is 37.9. The molecule has 2 aliphatic rings. The first-order chi connectivity index (χ1) is 15.4. The fraction of sp³-hybridized carbons (Fsp3) is 0.545. The number of aliphatic hydroxyl groups excluding tert-OH is 3. The predicted octanol–water partition coefficient (Wildman–Crippen LogP) is 2.24. The van der Waals surface area contributed by atoms with E-state index >= 15 is 0 Å². The Morgan fingerprint density at radius 2 is 1.88 bits per heavy atom. The van der Waals surface area contributed by atoms with Crippen LogP contribution in [0.1, 0.15) is 37.1 Å². The maximum absolute atomic E-state index is 10.6. The monoisotopic (exact) mass is 456 g/mol. The highest BCUT2D eigenvalue weighted by atomic mass is 32.1. The van der Waals surface area contributed by atoms with Gasteiger partial charge >= 0.3 is 0 Å². The SMILES string of the molecule is Cc1nc(NC2CC2)nc(NC2CC(CCO)C(O)C2O)c1-c1nc2c(C)nccc2s1. The number of pyridine rings is 1. The zero-order valence-electron chi connectivity index (χ0n) is 18.1. The van der Waals surface area contributed by atoms with Crippen LogP contribution in [0, 0.1) is 19.8 Å². The molecule has 0 radical (unpaired) electrons. The van der Waals surface area contributed by atoms with Gasteiger partial charge in [-0.05, 0) is 51.5 Å². The van der Waals surface area contributed by atoms with Crippen LogP contribution in [0.2, 0.25) is 0 Å². The van der Waals surface area contributed by atoms with Crippen LogP contribution in [0.4, 0.5) is 11.8 Å². The highest BCUT2D eigenvalue weighted by Gasteiger charge is 2.41. The van der Waals surface area contributed by atoms with Crippen molar-refractivity contribution < 1.29 is 15.3 Å². The number of nitrogens with one attached hydrogen (secondary N) is 2. The average molecular weight is 457 g/mol. The summed E-state index contributed by atoms with van der Waals surface area (Å²) in [4.78, 5) is 18.6. The Hall–Kier alpha value is -2.40. The van der Waals surface area contributed by atoms with Gasteiger partial charge in [0.15, 0.2) is 0 Å². The van der Waals surface area contributed by atoms with Gasteiger partial charge in [-0.15, -0.1) is 11.3 Å². The molecule has 0 spiro atoms. The quantitative estimate of drug-likeness (QED) is 0.362. The van der Waals surface area contributed by atoms with E-state index in [0.717, 1.165) is 45.0 Å². The van der Waals surface area contributed by atoms with Crippen LogP contribution in [-0.2, 0) is 0 Å². The van der Waals surface area contributed by atoms with Gasteiger partial charge in [-0.25, -0.2) is 9.97 Å². The third-order valence-corrected chi connectivity index (χ3v) is 7.37. The summed E-state index contributed by atoms with van der Waals surface area (Å²) in [6.45, 7) is 3.86. The van der Waals surface area contributed by atoms with Crippen LogP contribution >= 0.6 is 11.3 Å². The number of aryl methyl sites for hydroxylation is 2. The molecule has 2 saturated carbocycles. The number of nitrogens with zero attached hydrogens (tertiary/aromatic N) is 4. The van der Waals surface area contributed by atoms with Crippen molar-refractivity contribution in [3.05, 3.63) is 23.7 Å². The van der Waals surface area contributed by atoms with Gasteiger partial charge in [0.05, 0.1) is 33.8 Å². The van der Waals surface area contributed by atoms with Gasteiger partial charge in [-0.3, -0.25) is 4.98 Å². The van der Waals surface area contributed by atoms with Crippen molar-refractivity contribution >= 4 is 33.3 Å². The average Bonchev–Trinajstić information content (AvgIpc) is 3.40. The Morgan fingerprint density at radius 1 is 1.06 bits per heavy atom. The Balaban J connectivity index is 1.54. The lowest BCUT2D eigenvalue weighted by molar-refractivity contribution is 0.0124. The Morgan fingerprint density at radius 3 is 2.59 bits per heavy atom. The summed E-state index contributed by atoms with van der Waals surface area (Å²) in [7, 11) is 0. The van der Waals surface area contributed by atoms with Crippen molar-refractivity contribution in [2.45, 2.75) is 63.8 Å². The Bertz CT molecular complexity index is 1130. The van der Waals surface area contributed by atoms with E-state index in [1.165, 1.54) is 0 Å². The molecule has 2 fully saturated rings. The molecule has 170 valence electrons. The molecular formula is C22H28N6O3S. The van der Waals surface area contributed by atoms with Crippen molar-refractivity contribution in [1.82, 2.24) is 19.9 Å². The number of fused-ring (bicyclic) bond motifs is 1. The molecule has 10 heteroatoms. The van der Waals surface area contributed by atoms with E-state index in [1.807, 2.05) is 19.9 Å². The Labute approximate surface area is 190 Å². The first-order valence-electron chi connectivity index (χ1n) is 11.1. The van der Waals surface area contributed by atoms with Crippen LogP contribution in [-0.4, -0.2) is 66.2 Å². The topological polar surface area (TPSA) is 136 Å². The molecule has 4 unspecified atom stereocenters. The lowest BCUT2D eigenvalue weighted by atomic mass is 10.0. The molecule has 9 nitrogen and oxygen atoms in total. The lowest BCUT2D eigenvalue weighted by Crippen LogP contribution is -2.35. The van der Waals surface area contributed by atoms with Gasteiger partial charge in [-0.1, -0.05) is 0 Å². The normalized spacial score (nSPS) is 25.4. The largest absolute Gasteiger partial charge is 0.396 e. The number of rotatable bonds is 7. The van der Waals surface area contributed by atoms with E-state index in [9.17, 15) is 15.3 Å². The number of aliphatic hydroxyl groups is 3. The second-order valence-electron chi connectivity index (χ2n) is 8.78. The van der Waals surface area contributed by atoms with E-state index < -0.39 is 12.2 Å². The first-order valence-corrected chi connectivity index (χ1v) is 11.9. The van der Waals surface area contributed by atoms with Crippen molar-refractivity contribution in [3.63, 3.8) is 0 Å². The second-order valence-corrected chi connectivity index (χ2v) is 9.81. The van der Waals surface area contributed by atoms with Crippen molar-refractivity contribution in [2.75, 3.05) is 17.2 Å². The van der Waals surface area contributed by atoms with E-state index in [-0.39, 0.29) is 18.6 Å². The first kappa shape index (κ1) is 21.4. The lowest BCUT2D eigenvalue weighted by Gasteiger charge is -2.21. The highest BCUT2D eigenvalue weighted by molar-refractivity contribution is 7.21. The summed E-state index contributed by atoms with van der Waals surface area (Å²) >= 11 is 1.56. The van der Waals surface area contributed by atoms with Crippen LogP contribution in [0.3, 0.4) is 0 Å². The minimum absolute atomic E-state index is 0.0203. The molecular weight excluding hydrogens is 428 g/mol. The molecule has 3 heterocycles. The van der Waals surface area contributed by atoms with E-state index in [0.29, 0.717) is 30.6 Å². The van der Waals surface area contributed by atoms with Crippen LogP contribution in [0.15, 0.2) is 12.3 Å². The number of anilines is 2. The molecule has 0 amide bonds. The molecule has 3 aromatic rings. The minimum atomic E-state index is -0.948. The number of hydrogen-bond donors (Lipinski definition) is 5. The molecule has 5 rings (SSSR count). The molecule has 0 aliphatic heterocycles. The summed E-state index contributed by atoms with van der Waals surface area (Å²) in [6.07, 6.45) is 3.15. The molecule has 0 saturated heterocycles. The van der Waals surface area contributed by atoms with Crippen molar-refractivity contribution in [1.29, 1.82) is 0 Å².